The summed E-state index contributed by atoms with van der Waals surface area (Å²) in [7, 11) is 0. The molecule has 0 bridgehead atoms. The van der Waals surface area contributed by atoms with Crippen molar-refractivity contribution in [1.29, 1.82) is 0 Å². The third-order valence-electron chi connectivity index (χ3n) is 3.42. The summed E-state index contributed by atoms with van der Waals surface area (Å²) in [6, 6.07) is 5.05. The van der Waals surface area contributed by atoms with Gasteiger partial charge in [-0.15, -0.1) is 0 Å². The van der Waals surface area contributed by atoms with Crippen LogP contribution in [0.5, 0.6) is 0 Å². The SMILES string of the molecule is CC1CCC(C)N(c2cc(F)ccc2N)C1. The van der Waals surface area contributed by atoms with Crippen LogP contribution in [0.25, 0.3) is 0 Å². The fourth-order valence-corrected chi connectivity index (χ4v) is 2.39. The Bertz CT molecular complexity index is 378. The van der Waals surface area contributed by atoms with Crippen LogP contribution in [0.1, 0.15) is 26.7 Å². The lowest BCUT2D eigenvalue weighted by Crippen LogP contribution is -2.41. The zero-order valence-corrected chi connectivity index (χ0v) is 9.91. The fraction of sp³-hybridized carbons (Fsp3) is 0.538. The molecular formula is C13H19FN2. The van der Waals surface area contributed by atoms with Gasteiger partial charge in [0.25, 0.3) is 0 Å². The Kier molecular flexibility index (Phi) is 3.03. The van der Waals surface area contributed by atoms with Crippen LogP contribution < -0.4 is 10.6 Å². The van der Waals surface area contributed by atoms with Crippen molar-refractivity contribution in [2.24, 2.45) is 5.92 Å². The number of anilines is 2. The molecule has 1 heterocycles. The second-order valence-corrected chi connectivity index (χ2v) is 4.89. The smallest absolute Gasteiger partial charge is 0.125 e. The van der Waals surface area contributed by atoms with Crippen molar-refractivity contribution < 1.29 is 4.39 Å². The molecule has 0 saturated carbocycles. The van der Waals surface area contributed by atoms with E-state index in [-0.39, 0.29) is 5.82 Å². The number of nitrogen functional groups attached to an aromatic ring is 1. The molecule has 16 heavy (non-hydrogen) atoms. The minimum absolute atomic E-state index is 0.213. The number of rotatable bonds is 1. The molecule has 1 fully saturated rings. The van der Waals surface area contributed by atoms with Crippen molar-refractivity contribution >= 4 is 11.4 Å². The van der Waals surface area contributed by atoms with Gasteiger partial charge in [-0.05, 0) is 43.9 Å². The first-order valence-corrected chi connectivity index (χ1v) is 5.89. The lowest BCUT2D eigenvalue weighted by Gasteiger charge is -2.39. The number of nitrogens with zero attached hydrogens (tertiary/aromatic N) is 1. The van der Waals surface area contributed by atoms with E-state index in [0.717, 1.165) is 18.7 Å². The number of halogens is 1. The predicted molar refractivity (Wildman–Crippen MR) is 66.0 cm³/mol. The molecule has 0 aliphatic carbocycles. The predicted octanol–water partition coefficient (Wildman–Crippen LogP) is 3.03. The molecule has 2 nitrogen and oxygen atoms in total. The van der Waals surface area contributed by atoms with E-state index in [2.05, 4.69) is 18.7 Å². The van der Waals surface area contributed by atoms with Crippen LogP contribution >= 0.6 is 0 Å². The first-order valence-electron chi connectivity index (χ1n) is 5.89. The highest BCUT2D eigenvalue weighted by molar-refractivity contribution is 5.68. The maximum Gasteiger partial charge on any atom is 0.125 e. The second kappa shape index (κ2) is 4.32. The molecule has 3 heteroatoms. The normalized spacial score (nSPS) is 25.8. The zero-order chi connectivity index (χ0) is 11.7. The van der Waals surface area contributed by atoms with E-state index < -0.39 is 0 Å². The number of hydrogen-bond donors (Lipinski definition) is 1. The standard InChI is InChI=1S/C13H19FN2/c1-9-3-4-10(2)16(8-9)13-7-11(14)5-6-12(13)15/h5-7,9-10H,3-4,8,15H2,1-2H3. The summed E-state index contributed by atoms with van der Waals surface area (Å²) in [5.74, 6) is 0.438. The van der Waals surface area contributed by atoms with Crippen molar-refractivity contribution in [2.45, 2.75) is 32.7 Å². The molecule has 2 rings (SSSR count). The summed E-state index contributed by atoms with van der Waals surface area (Å²) in [6.45, 7) is 5.37. The first-order chi connectivity index (χ1) is 7.58. The minimum Gasteiger partial charge on any atom is -0.397 e. The molecule has 1 saturated heterocycles. The number of hydrogen-bond acceptors (Lipinski definition) is 2. The van der Waals surface area contributed by atoms with Crippen molar-refractivity contribution in [1.82, 2.24) is 0 Å². The summed E-state index contributed by atoms with van der Waals surface area (Å²) in [6.07, 6.45) is 2.39. The van der Waals surface area contributed by atoms with Gasteiger partial charge in [0.15, 0.2) is 0 Å². The Morgan fingerprint density at radius 1 is 1.31 bits per heavy atom. The summed E-state index contributed by atoms with van der Waals surface area (Å²) in [5, 5.41) is 0. The highest BCUT2D eigenvalue weighted by Gasteiger charge is 2.24. The van der Waals surface area contributed by atoms with Crippen LogP contribution in [0, 0.1) is 11.7 Å². The van der Waals surface area contributed by atoms with Gasteiger partial charge in [0.05, 0.1) is 11.4 Å². The minimum atomic E-state index is -0.213. The summed E-state index contributed by atoms with van der Waals surface area (Å²) in [5.41, 5.74) is 7.43. The highest BCUT2D eigenvalue weighted by Crippen LogP contribution is 2.31. The third-order valence-corrected chi connectivity index (χ3v) is 3.42. The molecular weight excluding hydrogens is 203 g/mol. The lowest BCUT2D eigenvalue weighted by atomic mass is 9.94. The maximum absolute atomic E-state index is 13.2. The van der Waals surface area contributed by atoms with Gasteiger partial charge in [-0.1, -0.05) is 6.92 Å². The Balaban J connectivity index is 2.30. The summed E-state index contributed by atoms with van der Waals surface area (Å²) in [4.78, 5) is 2.23. The van der Waals surface area contributed by atoms with Crippen molar-refractivity contribution in [3.8, 4) is 0 Å². The Morgan fingerprint density at radius 2 is 2.06 bits per heavy atom. The van der Waals surface area contributed by atoms with Crippen molar-refractivity contribution in [2.75, 3.05) is 17.2 Å². The van der Waals surface area contributed by atoms with Crippen LogP contribution in [0.4, 0.5) is 15.8 Å². The van der Waals surface area contributed by atoms with Gasteiger partial charge in [0.2, 0.25) is 0 Å². The lowest BCUT2D eigenvalue weighted by molar-refractivity contribution is 0.390. The monoisotopic (exact) mass is 222 g/mol. The maximum atomic E-state index is 13.2. The largest absolute Gasteiger partial charge is 0.397 e. The van der Waals surface area contributed by atoms with E-state index in [1.54, 1.807) is 12.1 Å². The fourth-order valence-electron chi connectivity index (χ4n) is 2.39. The quantitative estimate of drug-likeness (QED) is 0.740. The van der Waals surface area contributed by atoms with Gasteiger partial charge >= 0.3 is 0 Å². The van der Waals surface area contributed by atoms with Crippen LogP contribution in [0.15, 0.2) is 18.2 Å². The van der Waals surface area contributed by atoms with E-state index in [9.17, 15) is 4.39 Å². The van der Waals surface area contributed by atoms with Crippen molar-refractivity contribution in [3.63, 3.8) is 0 Å². The first kappa shape index (κ1) is 11.2. The van der Waals surface area contributed by atoms with Gasteiger partial charge in [-0.2, -0.15) is 0 Å². The number of nitrogens with two attached hydrogens (primary N) is 1. The molecule has 88 valence electrons. The van der Waals surface area contributed by atoms with E-state index >= 15 is 0 Å². The van der Waals surface area contributed by atoms with Crippen molar-refractivity contribution in [3.05, 3.63) is 24.0 Å². The molecule has 0 spiro atoms. The van der Waals surface area contributed by atoms with E-state index in [4.69, 9.17) is 5.73 Å². The third kappa shape index (κ3) is 2.13. The molecule has 1 aliphatic heterocycles. The second-order valence-electron chi connectivity index (χ2n) is 4.89. The number of piperidine rings is 1. The van der Waals surface area contributed by atoms with E-state index in [0.29, 0.717) is 17.6 Å². The average Bonchev–Trinajstić information content (AvgIpc) is 2.25. The zero-order valence-electron chi connectivity index (χ0n) is 9.91. The molecule has 0 aromatic heterocycles. The number of benzene rings is 1. The average molecular weight is 222 g/mol. The highest BCUT2D eigenvalue weighted by atomic mass is 19.1. The molecule has 2 N–H and O–H groups in total. The van der Waals surface area contributed by atoms with Crippen LogP contribution in [0.3, 0.4) is 0 Å². The molecule has 2 unspecified atom stereocenters. The molecule has 2 atom stereocenters. The Hall–Kier alpha value is -1.25. The summed E-state index contributed by atoms with van der Waals surface area (Å²) >= 11 is 0. The Labute approximate surface area is 96.2 Å². The summed E-state index contributed by atoms with van der Waals surface area (Å²) < 4.78 is 13.2. The molecule has 1 aromatic rings. The van der Waals surface area contributed by atoms with Crippen LogP contribution in [-0.4, -0.2) is 12.6 Å². The van der Waals surface area contributed by atoms with E-state index in [1.807, 2.05) is 0 Å². The Morgan fingerprint density at radius 3 is 2.81 bits per heavy atom. The van der Waals surface area contributed by atoms with Gasteiger partial charge in [-0.25, -0.2) is 4.39 Å². The van der Waals surface area contributed by atoms with Gasteiger partial charge in [-0.3, -0.25) is 0 Å². The van der Waals surface area contributed by atoms with Gasteiger partial charge in [0.1, 0.15) is 5.82 Å². The van der Waals surface area contributed by atoms with Gasteiger partial charge in [0, 0.05) is 12.6 Å². The molecule has 0 amide bonds. The molecule has 1 aromatic carbocycles. The van der Waals surface area contributed by atoms with E-state index in [1.165, 1.54) is 12.5 Å². The molecule has 1 aliphatic rings. The topological polar surface area (TPSA) is 29.3 Å². The van der Waals surface area contributed by atoms with Crippen LogP contribution in [0.2, 0.25) is 0 Å². The van der Waals surface area contributed by atoms with Crippen LogP contribution in [-0.2, 0) is 0 Å². The molecule has 0 radical (unpaired) electrons. The van der Waals surface area contributed by atoms with Gasteiger partial charge < -0.3 is 10.6 Å².